The summed E-state index contributed by atoms with van der Waals surface area (Å²) < 4.78 is 21.9. The van der Waals surface area contributed by atoms with E-state index in [-0.39, 0.29) is 18.5 Å². The molecule has 200 valence electrons. The zero-order chi connectivity index (χ0) is 27.4. The number of amides is 1. The maximum atomic E-state index is 13.0. The molecule has 1 aromatic heterocycles. The molecule has 1 saturated heterocycles. The third kappa shape index (κ3) is 5.80. The Morgan fingerprint density at radius 2 is 1.69 bits per heavy atom. The fourth-order valence-corrected chi connectivity index (χ4v) is 4.76. The van der Waals surface area contributed by atoms with Gasteiger partial charge in [-0.2, -0.15) is 0 Å². The Hall–Kier alpha value is -4.59. The molecule has 2 heterocycles. The molecule has 0 unspecified atom stereocenters. The van der Waals surface area contributed by atoms with Gasteiger partial charge in [0, 0.05) is 30.1 Å². The van der Waals surface area contributed by atoms with Gasteiger partial charge < -0.3 is 23.5 Å². The van der Waals surface area contributed by atoms with Crippen LogP contribution < -0.4 is 15.1 Å². The molecular weight excluding hydrogens is 498 g/mol. The number of fused-ring (bicyclic) bond motifs is 1. The maximum Gasteiger partial charge on any atom is 0.410 e. The van der Waals surface area contributed by atoms with Crippen molar-refractivity contribution < 1.29 is 28.2 Å². The van der Waals surface area contributed by atoms with E-state index >= 15 is 0 Å². The molecule has 3 aromatic carbocycles. The highest BCUT2D eigenvalue weighted by Crippen LogP contribution is 2.34. The van der Waals surface area contributed by atoms with Crippen LogP contribution in [0.2, 0.25) is 0 Å². The fraction of sp³-hybridized carbons (Fsp3) is 0.258. The SMILES string of the molecule is COc1ccc(-c2cc(=O)oc3c(C)c(OC(=O)C4CCN(C(=O)OCc5ccccc5)CC4)ccc23)cc1. The molecule has 39 heavy (non-hydrogen) atoms. The van der Waals surface area contributed by atoms with Crippen molar-refractivity contribution in [2.24, 2.45) is 5.92 Å². The van der Waals surface area contributed by atoms with E-state index in [9.17, 15) is 14.4 Å². The maximum absolute atomic E-state index is 13.0. The number of rotatable bonds is 6. The van der Waals surface area contributed by atoms with Gasteiger partial charge in [0.1, 0.15) is 23.7 Å². The summed E-state index contributed by atoms with van der Waals surface area (Å²) in [6, 6.07) is 21.9. The van der Waals surface area contributed by atoms with E-state index in [2.05, 4.69) is 0 Å². The van der Waals surface area contributed by atoms with Crippen LogP contribution >= 0.6 is 0 Å². The zero-order valence-electron chi connectivity index (χ0n) is 21.8. The van der Waals surface area contributed by atoms with E-state index < -0.39 is 11.7 Å². The van der Waals surface area contributed by atoms with Crippen molar-refractivity contribution in [3.8, 4) is 22.6 Å². The minimum atomic E-state index is -0.494. The first kappa shape index (κ1) is 26.0. The van der Waals surface area contributed by atoms with Gasteiger partial charge in [-0.3, -0.25) is 4.79 Å². The fourth-order valence-electron chi connectivity index (χ4n) is 4.76. The molecular formula is C31H29NO7. The van der Waals surface area contributed by atoms with Crippen LogP contribution in [-0.2, 0) is 16.1 Å². The number of carbonyl (C=O) groups is 2. The highest BCUT2D eigenvalue weighted by Gasteiger charge is 2.30. The second-order valence-electron chi connectivity index (χ2n) is 9.50. The summed E-state index contributed by atoms with van der Waals surface area (Å²) in [5, 5.41) is 0.736. The third-order valence-electron chi connectivity index (χ3n) is 7.01. The predicted octanol–water partition coefficient (Wildman–Crippen LogP) is 5.73. The van der Waals surface area contributed by atoms with Gasteiger partial charge >= 0.3 is 17.7 Å². The summed E-state index contributed by atoms with van der Waals surface area (Å²) >= 11 is 0. The van der Waals surface area contributed by atoms with Gasteiger partial charge in [-0.05, 0) is 60.7 Å². The lowest BCUT2D eigenvalue weighted by molar-refractivity contribution is -0.140. The van der Waals surface area contributed by atoms with Crippen molar-refractivity contribution in [2.75, 3.05) is 20.2 Å². The van der Waals surface area contributed by atoms with Crippen molar-refractivity contribution in [3.05, 3.63) is 94.3 Å². The summed E-state index contributed by atoms with van der Waals surface area (Å²) in [6.45, 7) is 2.78. The summed E-state index contributed by atoms with van der Waals surface area (Å²) in [5.41, 5.74) is 2.92. The first-order valence-electron chi connectivity index (χ1n) is 12.8. The molecule has 1 aliphatic heterocycles. The number of hydrogen-bond donors (Lipinski definition) is 0. The van der Waals surface area contributed by atoms with Crippen molar-refractivity contribution >= 4 is 23.0 Å². The Kier molecular flexibility index (Phi) is 7.63. The van der Waals surface area contributed by atoms with Crippen LogP contribution in [0.15, 0.2) is 82.0 Å². The first-order valence-corrected chi connectivity index (χ1v) is 12.8. The number of nitrogens with zero attached hydrogens (tertiary/aromatic N) is 1. The standard InChI is InChI=1S/C31H29NO7/c1-20-27(13-12-25-26(18-28(33)39-29(20)25)22-8-10-24(36-2)11-9-22)38-30(34)23-14-16-32(17-15-23)31(35)37-19-21-6-4-3-5-7-21/h3-13,18,23H,14-17,19H2,1-2H3. The van der Waals surface area contributed by atoms with E-state index in [1.807, 2.05) is 54.6 Å². The predicted molar refractivity (Wildman–Crippen MR) is 146 cm³/mol. The van der Waals surface area contributed by atoms with Gasteiger partial charge in [0.05, 0.1) is 13.0 Å². The molecule has 1 aliphatic rings. The normalized spacial score (nSPS) is 13.7. The van der Waals surface area contributed by atoms with Gasteiger partial charge in [-0.15, -0.1) is 0 Å². The van der Waals surface area contributed by atoms with Crippen molar-refractivity contribution in [1.82, 2.24) is 4.90 Å². The molecule has 0 atom stereocenters. The topological polar surface area (TPSA) is 95.3 Å². The number of benzene rings is 3. The Balaban J connectivity index is 1.25. The van der Waals surface area contributed by atoms with Crippen molar-refractivity contribution in [2.45, 2.75) is 26.4 Å². The van der Waals surface area contributed by atoms with E-state index in [4.69, 9.17) is 18.6 Å². The molecule has 0 bridgehead atoms. The van der Waals surface area contributed by atoms with Gasteiger partial charge in [0.15, 0.2) is 0 Å². The second-order valence-corrected chi connectivity index (χ2v) is 9.50. The Morgan fingerprint density at radius 3 is 2.38 bits per heavy atom. The molecule has 1 fully saturated rings. The summed E-state index contributed by atoms with van der Waals surface area (Å²) in [6.07, 6.45) is 0.560. The quantitative estimate of drug-likeness (QED) is 0.179. The van der Waals surface area contributed by atoms with Crippen molar-refractivity contribution in [3.63, 3.8) is 0 Å². The lowest BCUT2D eigenvalue weighted by atomic mass is 9.97. The minimum Gasteiger partial charge on any atom is -0.497 e. The highest BCUT2D eigenvalue weighted by molar-refractivity contribution is 5.96. The monoisotopic (exact) mass is 527 g/mol. The number of hydrogen-bond acceptors (Lipinski definition) is 7. The lowest BCUT2D eigenvalue weighted by Gasteiger charge is -2.30. The van der Waals surface area contributed by atoms with Crippen LogP contribution in [0.1, 0.15) is 24.0 Å². The third-order valence-corrected chi connectivity index (χ3v) is 7.01. The number of methoxy groups -OCH3 is 1. The molecule has 0 N–H and O–H groups in total. The number of esters is 1. The molecule has 8 nitrogen and oxygen atoms in total. The van der Waals surface area contributed by atoms with Crippen molar-refractivity contribution in [1.29, 1.82) is 0 Å². The van der Waals surface area contributed by atoms with Crippen LogP contribution in [-0.4, -0.2) is 37.2 Å². The lowest BCUT2D eigenvalue weighted by Crippen LogP contribution is -2.41. The van der Waals surface area contributed by atoms with E-state index in [1.54, 1.807) is 31.1 Å². The van der Waals surface area contributed by atoms with Gasteiger partial charge in [-0.25, -0.2) is 9.59 Å². The van der Waals surface area contributed by atoms with Gasteiger partial charge in [-0.1, -0.05) is 42.5 Å². The number of likely N-dealkylation sites (tertiary alicyclic amines) is 1. The molecule has 1 amide bonds. The van der Waals surface area contributed by atoms with E-state index in [0.29, 0.717) is 48.6 Å². The summed E-state index contributed by atoms with van der Waals surface area (Å²) in [7, 11) is 1.60. The highest BCUT2D eigenvalue weighted by atomic mass is 16.6. The average Bonchev–Trinajstić information content (AvgIpc) is 2.98. The summed E-state index contributed by atoms with van der Waals surface area (Å²) in [4.78, 5) is 39.5. The first-order chi connectivity index (χ1) is 18.9. The summed E-state index contributed by atoms with van der Waals surface area (Å²) in [5.74, 6) is 0.331. The molecule has 0 saturated carbocycles. The average molecular weight is 528 g/mol. The molecule has 5 rings (SSSR count). The zero-order valence-corrected chi connectivity index (χ0v) is 21.8. The Morgan fingerprint density at radius 1 is 0.974 bits per heavy atom. The number of ether oxygens (including phenoxy) is 3. The van der Waals surface area contributed by atoms with Gasteiger partial charge in [0.2, 0.25) is 0 Å². The van der Waals surface area contributed by atoms with Crippen LogP contribution in [0.3, 0.4) is 0 Å². The molecule has 0 radical (unpaired) electrons. The molecule has 8 heteroatoms. The van der Waals surface area contributed by atoms with Crippen LogP contribution in [0.4, 0.5) is 4.79 Å². The second kappa shape index (κ2) is 11.4. The van der Waals surface area contributed by atoms with E-state index in [0.717, 1.165) is 22.1 Å². The van der Waals surface area contributed by atoms with Crippen LogP contribution in [0, 0.1) is 12.8 Å². The smallest absolute Gasteiger partial charge is 0.410 e. The number of carbonyl (C=O) groups excluding carboxylic acids is 2. The van der Waals surface area contributed by atoms with Gasteiger partial charge in [0.25, 0.3) is 0 Å². The van der Waals surface area contributed by atoms with E-state index in [1.165, 1.54) is 6.07 Å². The molecule has 0 spiro atoms. The number of piperidine rings is 1. The molecule has 0 aliphatic carbocycles. The van der Waals surface area contributed by atoms with Crippen LogP contribution in [0.25, 0.3) is 22.1 Å². The molecule has 4 aromatic rings. The largest absolute Gasteiger partial charge is 0.497 e. The van der Waals surface area contributed by atoms with Crippen LogP contribution in [0.5, 0.6) is 11.5 Å². The Labute approximate surface area is 225 Å². The minimum absolute atomic E-state index is 0.208. The Bertz CT molecular complexity index is 1540. The number of aryl methyl sites for hydroxylation is 1.